The number of urea groups is 1. The van der Waals surface area contributed by atoms with E-state index in [0.29, 0.717) is 17.2 Å². The maximum atomic E-state index is 12.2. The van der Waals surface area contributed by atoms with Crippen LogP contribution in [0.5, 0.6) is 17.2 Å². The van der Waals surface area contributed by atoms with E-state index in [1.165, 1.54) is 0 Å². The van der Waals surface area contributed by atoms with Gasteiger partial charge >= 0.3 is 6.03 Å². The van der Waals surface area contributed by atoms with Gasteiger partial charge in [0.2, 0.25) is 0 Å². The van der Waals surface area contributed by atoms with Crippen molar-refractivity contribution in [2.45, 2.75) is 25.9 Å². The van der Waals surface area contributed by atoms with Crippen LogP contribution in [0.15, 0.2) is 66.7 Å². The fourth-order valence-electron chi connectivity index (χ4n) is 3.38. The molecule has 6 nitrogen and oxygen atoms in total. The minimum atomic E-state index is -0.657. The van der Waals surface area contributed by atoms with E-state index in [4.69, 9.17) is 21.1 Å². The Morgan fingerprint density at radius 1 is 1.00 bits per heavy atom. The molecule has 0 spiro atoms. The van der Waals surface area contributed by atoms with Gasteiger partial charge in [0.25, 0.3) is 5.91 Å². The molecule has 158 valence electrons. The number of anilines is 1. The minimum absolute atomic E-state index is 0.226. The highest BCUT2D eigenvalue weighted by molar-refractivity contribution is 6.34. The van der Waals surface area contributed by atoms with Gasteiger partial charge in [-0.05, 0) is 56.3 Å². The molecule has 3 aromatic rings. The molecule has 0 radical (unpaired) electrons. The molecule has 31 heavy (non-hydrogen) atoms. The second kappa shape index (κ2) is 8.32. The second-order valence-electron chi connectivity index (χ2n) is 7.80. The van der Waals surface area contributed by atoms with E-state index in [2.05, 4.69) is 10.6 Å². The summed E-state index contributed by atoms with van der Waals surface area (Å²) in [5.74, 6) is 1.42. The van der Waals surface area contributed by atoms with Gasteiger partial charge in [0.15, 0.2) is 11.5 Å². The molecule has 0 saturated heterocycles. The molecule has 7 heteroatoms. The van der Waals surface area contributed by atoms with Gasteiger partial charge in [-0.1, -0.05) is 35.9 Å². The van der Waals surface area contributed by atoms with Crippen LogP contribution in [0.3, 0.4) is 0 Å². The van der Waals surface area contributed by atoms with Gasteiger partial charge in [-0.2, -0.15) is 0 Å². The Balaban J connectivity index is 1.38. The highest BCUT2D eigenvalue weighted by Gasteiger charge is 2.32. The molecule has 1 heterocycles. The number of amides is 3. The molecule has 0 atom stereocenters. The Hall–Kier alpha value is -3.51. The second-order valence-corrected chi connectivity index (χ2v) is 8.20. The van der Waals surface area contributed by atoms with Gasteiger partial charge in [-0.25, -0.2) is 4.79 Å². The number of carbonyl (C=O) groups excluding carboxylic acids is 2. The molecule has 0 aromatic heterocycles. The monoisotopic (exact) mass is 436 g/mol. The van der Waals surface area contributed by atoms with Gasteiger partial charge in [0.1, 0.15) is 11.4 Å². The summed E-state index contributed by atoms with van der Waals surface area (Å²) in [6, 6.07) is 18.5. The fraction of sp³-hybridized carbons (Fsp3) is 0.167. The quantitative estimate of drug-likeness (QED) is 0.541. The Morgan fingerprint density at radius 3 is 2.48 bits per heavy atom. The summed E-state index contributed by atoms with van der Waals surface area (Å²) >= 11 is 5.98. The van der Waals surface area contributed by atoms with Crippen LogP contribution in [-0.2, 0) is 6.42 Å². The van der Waals surface area contributed by atoms with E-state index in [-0.39, 0.29) is 16.2 Å². The van der Waals surface area contributed by atoms with Gasteiger partial charge in [-0.3, -0.25) is 10.1 Å². The average molecular weight is 437 g/mol. The number of carbonyl (C=O) groups is 2. The van der Waals surface area contributed by atoms with Crippen molar-refractivity contribution in [1.29, 1.82) is 0 Å². The number of benzene rings is 3. The van der Waals surface area contributed by atoms with Crippen LogP contribution in [0.2, 0.25) is 5.02 Å². The molecule has 2 N–H and O–H groups in total. The summed E-state index contributed by atoms with van der Waals surface area (Å²) < 4.78 is 12.0. The first-order valence-electron chi connectivity index (χ1n) is 9.76. The number of para-hydroxylation sites is 1. The van der Waals surface area contributed by atoms with Crippen molar-refractivity contribution < 1.29 is 19.1 Å². The van der Waals surface area contributed by atoms with Crippen molar-refractivity contribution in [3.63, 3.8) is 0 Å². The molecule has 0 fully saturated rings. The molecule has 0 bridgehead atoms. The topological polar surface area (TPSA) is 76.7 Å². The number of rotatable bonds is 4. The van der Waals surface area contributed by atoms with E-state index >= 15 is 0 Å². The van der Waals surface area contributed by atoms with Crippen LogP contribution in [-0.4, -0.2) is 17.5 Å². The predicted octanol–water partition coefficient (Wildman–Crippen LogP) is 5.81. The van der Waals surface area contributed by atoms with Crippen molar-refractivity contribution in [3.8, 4) is 17.2 Å². The third-order valence-corrected chi connectivity index (χ3v) is 5.07. The van der Waals surface area contributed by atoms with Gasteiger partial charge in [-0.15, -0.1) is 0 Å². The Morgan fingerprint density at radius 2 is 1.74 bits per heavy atom. The zero-order valence-electron chi connectivity index (χ0n) is 17.1. The Kier molecular flexibility index (Phi) is 5.57. The molecule has 1 aliphatic rings. The minimum Gasteiger partial charge on any atom is -0.483 e. The maximum Gasteiger partial charge on any atom is 0.326 e. The van der Waals surface area contributed by atoms with Gasteiger partial charge in [0.05, 0.1) is 10.6 Å². The van der Waals surface area contributed by atoms with Crippen molar-refractivity contribution in [2.24, 2.45) is 0 Å². The highest BCUT2D eigenvalue weighted by Crippen LogP contribution is 2.43. The van der Waals surface area contributed by atoms with Crippen LogP contribution >= 0.6 is 11.6 Å². The summed E-state index contributed by atoms with van der Waals surface area (Å²) in [4.78, 5) is 24.3. The lowest BCUT2D eigenvalue weighted by molar-refractivity contribution is 0.0967. The van der Waals surface area contributed by atoms with Crippen LogP contribution in [0.4, 0.5) is 10.5 Å². The number of hydrogen-bond acceptors (Lipinski definition) is 4. The van der Waals surface area contributed by atoms with Crippen molar-refractivity contribution in [1.82, 2.24) is 5.32 Å². The first-order chi connectivity index (χ1) is 14.8. The smallest absolute Gasteiger partial charge is 0.326 e. The summed E-state index contributed by atoms with van der Waals surface area (Å²) in [6.45, 7) is 4.08. The molecule has 4 rings (SSSR count). The SMILES string of the molecule is CC1(C)Cc2cccc(Oc3ccc(NC(=O)NC(=O)c4ccccc4Cl)cc3)c2O1. The zero-order chi connectivity index (χ0) is 22.0. The summed E-state index contributed by atoms with van der Waals surface area (Å²) in [5.41, 5.74) is 1.58. The largest absolute Gasteiger partial charge is 0.483 e. The lowest BCUT2D eigenvalue weighted by Crippen LogP contribution is -2.34. The zero-order valence-corrected chi connectivity index (χ0v) is 17.8. The summed E-state index contributed by atoms with van der Waals surface area (Å²) in [7, 11) is 0. The molecule has 0 aliphatic carbocycles. The number of fused-ring (bicyclic) bond motifs is 1. The first-order valence-corrected chi connectivity index (χ1v) is 10.1. The fourth-order valence-corrected chi connectivity index (χ4v) is 3.60. The van der Waals surface area contributed by atoms with Crippen LogP contribution in [0, 0.1) is 0 Å². The number of nitrogens with one attached hydrogen (secondary N) is 2. The third kappa shape index (κ3) is 4.81. The van der Waals surface area contributed by atoms with E-state index < -0.39 is 11.9 Å². The highest BCUT2D eigenvalue weighted by atomic mass is 35.5. The van der Waals surface area contributed by atoms with Crippen molar-refractivity contribution in [2.75, 3.05) is 5.32 Å². The Bertz CT molecular complexity index is 1140. The summed E-state index contributed by atoms with van der Waals surface area (Å²) in [5, 5.41) is 5.14. The lowest BCUT2D eigenvalue weighted by atomic mass is 10.0. The summed E-state index contributed by atoms with van der Waals surface area (Å²) in [6.07, 6.45) is 0.824. The van der Waals surface area contributed by atoms with E-state index in [1.807, 2.05) is 32.0 Å². The molecule has 3 aromatic carbocycles. The maximum absolute atomic E-state index is 12.2. The van der Waals surface area contributed by atoms with E-state index in [1.54, 1.807) is 48.5 Å². The van der Waals surface area contributed by atoms with Crippen molar-refractivity contribution >= 4 is 29.2 Å². The van der Waals surface area contributed by atoms with Gasteiger partial charge in [0, 0.05) is 17.7 Å². The predicted molar refractivity (Wildman–Crippen MR) is 119 cm³/mol. The molecule has 3 amide bonds. The van der Waals surface area contributed by atoms with Gasteiger partial charge < -0.3 is 14.8 Å². The average Bonchev–Trinajstić information content (AvgIpc) is 3.04. The molecule has 0 unspecified atom stereocenters. The molecule has 0 saturated carbocycles. The third-order valence-electron chi connectivity index (χ3n) is 4.74. The Labute approximate surface area is 185 Å². The standard InChI is InChI=1S/C24H21ClN2O4/c1-24(2)14-15-6-5-9-20(21(15)31-24)30-17-12-10-16(11-13-17)26-23(29)27-22(28)18-7-3-4-8-19(18)25/h3-13H,14H2,1-2H3,(H2,26,27,28,29). The molecular weight excluding hydrogens is 416 g/mol. The number of ether oxygens (including phenoxy) is 2. The van der Waals surface area contributed by atoms with Crippen LogP contribution in [0.25, 0.3) is 0 Å². The lowest BCUT2D eigenvalue weighted by Gasteiger charge is -2.18. The van der Waals surface area contributed by atoms with Crippen LogP contribution < -0.4 is 20.1 Å². The van der Waals surface area contributed by atoms with E-state index in [0.717, 1.165) is 17.7 Å². The normalized spacial score (nSPS) is 13.6. The van der Waals surface area contributed by atoms with Crippen molar-refractivity contribution in [3.05, 3.63) is 82.9 Å². The van der Waals surface area contributed by atoms with Crippen LogP contribution in [0.1, 0.15) is 29.8 Å². The number of imide groups is 1. The van der Waals surface area contributed by atoms with E-state index in [9.17, 15) is 9.59 Å². The first kappa shape index (κ1) is 20.8. The molecular formula is C24H21ClN2O4. The number of halogens is 1. The molecule has 1 aliphatic heterocycles. The number of hydrogen-bond donors (Lipinski definition) is 2.